The Kier molecular flexibility index (Phi) is 7.21. The van der Waals surface area contributed by atoms with Gasteiger partial charge in [0.05, 0.1) is 19.8 Å². The van der Waals surface area contributed by atoms with E-state index < -0.39 is 12.1 Å². The van der Waals surface area contributed by atoms with Crippen molar-refractivity contribution in [1.82, 2.24) is 0 Å². The molecule has 2 aromatic carbocycles. The lowest BCUT2D eigenvalue weighted by Crippen LogP contribution is -2.37. The lowest BCUT2D eigenvalue weighted by molar-refractivity contribution is -0.126. The SMILES string of the molecule is C=CCc1cc(C(=O)OC(C)C(=O)N(C)c2ccccc2)cc(OC)c1OC. The highest BCUT2D eigenvalue weighted by Gasteiger charge is 2.24. The van der Waals surface area contributed by atoms with Crippen molar-refractivity contribution in [2.45, 2.75) is 19.4 Å². The average Bonchev–Trinajstić information content (AvgIpc) is 2.72. The monoisotopic (exact) mass is 383 g/mol. The van der Waals surface area contributed by atoms with Crippen LogP contribution in [0, 0.1) is 0 Å². The predicted molar refractivity (Wildman–Crippen MR) is 108 cm³/mol. The van der Waals surface area contributed by atoms with Crippen LogP contribution in [0.1, 0.15) is 22.8 Å². The molecule has 0 fully saturated rings. The highest BCUT2D eigenvalue weighted by atomic mass is 16.5. The number of benzene rings is 2. The van der Waals surface area contributed by atoms with E-state index >= 15 is 0 Å². The number of likely N-dealkylation sites (N-methyl/N-ethyl adjacent to an activating group) is 1. The summed E-state index contributed by atoms with van der Waals surface area (Å²) in [4.78, 5) is 26.7. The molecule has 0 heterocycles. The fourth-order valence-electron chi connectivity index (χ4n) is 2.80. The highest BCUT2D eigenvalue weighted by molar-refractivity contribution is 5.98. The normalized spacial score (nSPS) is 11.3. The van der Waals surface area contributed by atoms with Gasteiger partial charge in [-0.2, -0.15) is 0 Å². The number of amides is 1. The van der Waals surface area contributed by atoms with Crippen LogP contribution in [0.15, 0.2) is 55.1 Å². The first-order chi connectivity index (χ1) is 13.4. The van der Waals surface area contributed by atoms with E-state index in [-0.39, 0.29) is 11.5 Å². The molecule has 1 atom stereocenters. The topological polar surface area (TPSA) is 65.1 Å². The number of nitrogens with zero attached hydrogens (tertiary/aromatic N) is 1. The van der Waals surface area contributed by atoms with Crippen LogP contribution in [0.25, 0.3) is 0 Å². The summed E-state index contributed by atoms with van der Waals surface area (Å²) in [5.41, 5.74) is 1.73. The van der Waals surface area contributed by atoms with Crippen LogP contribution >= 0.6 is 0 Å². The number of allylic oxidation sites excluding steroid dienone is 1. The molecule has 0 saturated carbocycles. The summed E-state index contributed by atoms with van der Waals surface area (Å²) in [5, 5.41) is 0. The third-order valence-corrected chi connectivity index (χ3v) is 4.26. The number of methoxy groups -OCH3 is 2. The molecule has 0 bridgehead atoms. The maximum absolute atomic E-state index is 12.6. The number of para-hydroxylation sites is 1. The van der Waals surface area contributed by atoms with Gasteiger partial charge in [0.2, 0.25) is 0 Å². The molecule has 2 rings (SSSR count). The van der Waals surface area contributed by atoms with Gasteiger partial charge >= 0.3 is 5.97 Å². The molecule has 0 aliphatic carbocycles. The molecule has 1 amide bonds. The number of hydrogen-bond donors (Lipinski definition) is 0. The van der Waals surface area contributed by atoms with Gasteiger partial charge in [0, 0.05) is 18.3 Å². The number of anilines is 1. The fourth-order valence-corrected chi connectivity index (χ4v) is 2.80. The molecule has 0 aliphatic heterocycles. The van der Waals surface area contributed by atoms with Gasteiger partial charge in [-0.3, -0.25) is 4.79 Å². The van der Waals surface area contributed by atoms with Crippen molar-refractivity contribution in [2.24, 2.45) is 0 Å². The number of esters is 1. The second-order valence-electron chi connectivity index (χ2n) is 6.14. The Bertz CT molecular complexity index is 848. The van der Waals surface area contributed by atoms with Crippen molar-refractivity contribution in [2.75, 3.05) is 26.2 Å². The number of carbonyl (C=O) groups excluding carboxylic acids is 2. The van der Waals surface area contributed by atoms with Gasteiger partial charge in [0.1, 0.15) is 0 Å². The molecule has 0 aliphatic rings. The largest absolute Gasteiger partial charge is 0.493 e. The summed E-state index contributed by atoms with van der Waals surface area (Å²) in [7, 11) is 4.66. The quantitative estimate of drug-likeness (QED) is 0.514. The summed E-state index contributed by atoms with van der Waals surface area (Å²) in [6.45, 7) is 5.27. The van der Waals surface area contributed by atoms with E-state index in [1.807, 2.05) is 30.3 Å². The minimum Gasteiger partial charge on any atom is -0.493 e. The Hall–Kier alpha value is -3.28. The van der Waals surface area contributed by atoms with Gasteiger partial charge in [0.15, 0.2) is 17.6 Å². The molecule has 28 heavy (non-hydrogen) atoms. The van der Waals surface area contributed by atoms with Crippen LogP contribution in [0.5, 0.6) is 11.5 Å². The van der Waals surface area contributed by atoms with Crippen molar-refractivity contribution in [3.63, 3.8) is 0 Å². The molecule has 0 N–H and O–H groups in total. The third kappa shape index (κ3) is 4.71. The first-order valence-corrected chi connectivity index (χ1v) is 8.82. The van der Waals surface area contributed by atoms with E-state index in [0.717, 1.165) is 11.3 Å². The summed E-state index contributed by atoms with van der Waals surface area (Å²) in [5.74, 6) is 0.000914. The zero-order valence-electron chi connectivity index (χ0n) is 16.6. The van der Waals surface area contributed by atoms with Gasteiger partial charge in [-0.15, -0.1) is 6.58 Å². The third-order valence-electron chi connectivity index (χ3n) is 4.26. The van der Waals surface area contributed by atoms with Gasteiger partial charge in [-0.1, -0.05) is 24.3 Å². The standard InChI is InChI=1S/C22H25NO5/c1-6-10-16-13-17(14-19(26-4)20(16)27-5)22(25)28-15(2)21(24)23(3)18-11-8-7-9-12-18/h6-9,11-15H,1,10H2,2-5H3. The van der Waals surface area contributed by atoms with Crippen molar-refractivity contribution in [3.05, 3.63) is 66.2 Å². The molecule has 0 spiro atoms. The lowest BCUT2D eigenvalue weighted by Gasteiger charge is -2.22. The van der Waals surface area contributed by atoms with Crippen LogP contribution in [0.2, 0.25) is 0 Å². The second-order valence-corrected chi connectivity index (χ2v) is 6.14. The van der Waals surface area contributed by atoms with Crippen LogP contribution in [0.4, 0.5) is 5.69 Å². The van der Waals surface area contributed by atoms with E-state index in [1.54, 1.807) is 26.1 Å². The minimum atomic E-state index is -0.950. The van der Waals surface area contributed by atoms with Crippen molar-refractivity contribution < 1.29 is 23.8 Å². The number of rotatable bonds is 8. The summed E-state index contributed by atoms with van der Waals surface area (Å²) < 4.78 is 16.1. The number of hydrogen-bond acceptors (Lipinski definition) is 5. The summed E-state index contributed by atoms with van der Waals surface area (Å²) in [6, 6.07) is 12.3. The molecule has 2 aromatic rings. The first kappa shape index (κ1) is 21.0. The zero-order valence-corrected chi connectivity index (χ0v) is 16.6. The van der Waals surface area contributed by atoms with E-state index in [4.69, 9.17) is 14.2 Å². The summed E-state index contributed by atoms with van der Waals surface area (Å²) >= 11 is 0. The van der Waals surface area contributed by atoms with Gasteiger partial charge in [-0.05, 0) is 37.6 Å². The molecule has 148 valence electrons. The molecular weight excluding hydrogens is 358 g/mol. The molecule has 0 radical (unpaired) electrons. The molecule has 1 unspecified atom stereocenters. The van der Waals surface area contributed by atoms with Crippen LogP contribution in [-0.4, -0.2) is 39.2 Å². The van der Waals surface area contributed by atoms with Crippen molar-refractivity contribution in [1.29, 1.82) is 0 Å². The van der Waals surface area contributed by atoms with E-state index in [9.17, 15) is 9.59 Å². The van der Waals surface area contributed by atoms with Gasteiger partial charge in [0.25, 0.3) is 5.91 Å². The van der Waals surface area contributed by atoms with Crippen molar-refractivity contribution in [3.8, 4) is 11.5 Å². The smallest absolute Gasteiger partial charge is 0.339 e. The van der Waals surface area contributed by atoms with E-state index in [1.165, 1.54) is 25.2 Å². The maximum Gasteiger partial charge on any atom is 0.339 e. The van der Waals surface area contributed by atoms with Gasteiger partial charge in [-0.25, -0.2) is 4.79 Å². The van der Waals surface area contributed by atoms with E-state index in [2.05, 4.69) is 6.58 Å². The Morgan fingerprint density at radius 2 is 1.82 bits per heavy atom. The van der Waals surface area contributed by atoms with Gasteiger partial charge < -0.3 is 19.1 Å². The first-order valence-electron chi connectivity index (χ1n) is 8.82. The second kappa shape index (κ2) is 9.60. The number of carbonyl (C=O) groups is 2. The lowest BCUT2D eigenvalue weighted by atomic mass is 10.1. The van der Waals surface area contributed by atoms with Crippen LogP contribution in [-0.2, 0) is 16.0 Å². The number of ether oxygens (including phenoxy) is 3. The highest BCUT2D eigenvalue weighted by Crippen LogP contribution is 2.33. The molecule has 6 heteroatoms. The zero-order chi connectivity index (χ0) is 20.7. The Labute approximate surface area is 165 Å². The maximum atomic E-state index is 12.6. The van der Waals surface area contributed by atoms with Crippen LogP contribution in [0.3, 0.4) is 0 Å². The Morgan fingerprint density at radius 1 is 1.14 bits per heavy atom. The average molecular weight is 383 g/mol. The Balaban J connectivity index is 2.20. The molecule has 0 aromatic heterocycles. The molecular formula is C22H25NO5. The molecule has 0 saturated heterocycles. The minimum absolute atomic E-state index is 0.275. The fraction of sp³-hybridized carbons (Fsp3) is 0.273. The summed E-state index contributed by atoms with van der Waals surface area (Å²) in [6.07, 6.45) is 1.24. The predicted octanol–water partition coefficient (Wildman–Crippen LogP) is 3.64. The van der Waals surface area contributed by atoms with Crippen molar-refractivity contribution >= 4 is 17.6 Å². The van der Waals surface area contributed by atoms with E-state index in [0.29, 0.717) is 17.9 Å². The molecule has 6 nitrogen and oxygen atoms in total. The Morgan fingerprint density at radius 3 is 2.39 bits per heavy atom. The van der Waals surface area contributed by atoms with Crippen LogP contribution < -0.4 is 14.4 Å².